The van der Waals surface area contributed by atoms with Crippen LogP contribution in [0.5, 0.6) is 0 Å². The molecule has 1 saturated heterocycles. The SMILES string of the molecule is CN(c1ccccc1C(=O)Nc1ccc(SC2CCNCC2)cc1)S(C)(=O)=O. The Hall–Kier alpha value is -2.03. The summed E-state index contributed by atoms with van der Waals surface area (Å²) in [5, 5.41) is 6.85. The van der Waals surface area contributed by atoms with Crippen LogP contribution in [-0.2, 0) is 10.0 Å². The zero-order valence-electron chi connectivity index (χ0n) is 16.0. The van der Waals surface area contributed by atoms with Crippen molar-refractivity contribution in [2.75, 3.05) is 36.0 Å². The number of thioether (sulfide) groups is 1. The quantitative estimate of drug-likeness (QED) is 0.752. The Morgan fingerprint density at radius 1 is 1.11 bits per heavy atom. The van der Waals surface area contributed by atoms with Crippen LogP contribution in [0.1, 0.15) is 23.2 Å². The molecule has 2 aromatic rings. The summed E-state index contributed by atoms with van der Waals surface area (Å²) in [4.78, 5) is 13.9. The number of sulfonamides is 1. The van der Waals surface area contributed by atoms with E-state index >= 15 is 0 Å². The Balaban J connectivity index is 1.70. The molecule has 0 atom stereocenters. The standard InChI is InChI=1S/C20H25N3O3S2/c1-23(28(2,25)26)19-6-4-3-5-18(19)20(24)22-15-7-9-16(10-8-15)27-17-11-13-21-14-12-17/h3-10,17,21H,11-14H2,1-2H3,(H,22,24). The lowest BCUT2D eigenvalue weighted by Gasteiger charge is -2.22. The van der Waals surface area contributed by atoms with Crippen LogP contribution in [0.4, 0.5) is 11.4 Å². The average molecular weight is 420 g/mol. The number of carbonyl (C=O) groups is 1. The molecule has 1 fully saturated rings. The van der Waals surface area contributed by atoms with Gasteiger partial charge in [0, 0.05) is 22.9 Å². The maximum absolute atomic E-state index is 12.7. The van der Waals surface area contributed by atoms with Crippen molar-refractivity contribution in [1.29, 1.82) is 0 Å². The maximum Gasteiger partial charge on any atom is 0.257 e. The number of rotatable bonds is 6. The van der Waals surface area contributed by atoms with Gasteiger partial charge in [0.1, 0.15) is 0 Å². The van der Waals surface area contributed by atoms with Crippen LogP contribution in [0.2, 0.25) is 0 Å². The number of anilines is 2. The Kier molecular flexibility index (Phi) is 6.64. The predicted octanol–water partition coefficient (Wildman–Crippen LogP) is 3.18. The number of piperidine rings is 1. The van der Waals surface area contributed by atoms with E-state index in [4.69, 9.17) is 0 Å². The van der Waals surface area contributed by atoms with E-state index in [-0.39, 0.29) is 5.91 Å². The second-order valence-electron chi connectivity index (χ2n) is 6.79. The van der Waals surface area contributed by atoms with E-state index in [2.05, 4.69) is 10.6 Å². The highest BCUT2D eigenvalue weighted by molar-refractivity contribution is 8.00. The molecule has 1 amide bonds. The van der Waals surface area contributed by atoms with Crippen LogP contribution >= 0.6 is 11.8 Å². The van der Waals surface area contributed by atoms with Crippen molar-refractivity contribution >= 4 is 39.1 Å². The summed E-state index contributed by atoms with van der Waals surface area (Å²) in [6.07, 6.45) is 3.43. The van der Waals surface area contributed by atoms with Gasteiger partial charge in [-0.05, 0) is 62.3 Å². The molecular weight excluding hydrogens is 394 g/mol. The first-order valence-corrected chi connectivity index (χ1v) is 11.9. The summed E-state index contributed by atoms with van der Waals surface area (Å²) >= 11 is 1.87. The van der Waals surface area contributed by atoms with Crippen LogP contribution < -0.4 is 14.9 Å². The van der Waals surface area contributed by atoms with E-state index in [0.29, 0.717) is 22.2 Å². The molecule has 0 spiro atoms. The second kappa shape index (κ2) is 8.98. The fraction of sp³-hybridized carbons (Fsp3) is 0.350. The predicted molar refractivity (Wildman–Crippen MR) is 116 cm³/mol. The molecule has 2 N–H and O–H groups in total. The summed E-state index contributed by atoms with van der Waals surface area (Å²) in [5.41, 5.74) is 1.33. The number of carbonyl (C=O) groups excluding carboxylic acids is 1. The van der Waals surface area contributed by atoms with Crippen molar-refractivity contribution in [3.05, 3.63) is 54.1 Å². The summed E-state index contributed by atoms with van der Waals surface area (Å²) in [6.45, 7) is 2.13. The fourth-order valence-corrected chi connectivity index (χ4v) is 4.71. The van der Waals surface area contributed by atoms with E-state index in [9.17, 15) is 13.2 Å². The summed E-state index contributed by atoms with van der Waals surface area (Å²) in [7, 11) is -2.02. The number of nitrogens with one attached hydrogen (secondary N) is 2. The molecule has 3 rings (SSSR count). The van der Waals surface area contributed by atoms with Gasteiger partial charge in [-0.3, -0.25) is 9.10 Å². The van der Waals surface area contributed by atoms with Crippen molar-refractivity contribution < 1.29 is 13.2 Å². The number of nitrogens with zero attached hydrogens (tertiary/aromatic N) is 1. The Morgan fingerprint density at radius 3 is 2.39 bits per heavy atom. The largest absolute Gasteiger partial charge is 0.322 e. The first-order valence-electron chi connectivity index (χ1n) is 9.16. The van der Waals surface area contributed by atoms with Gasteiger partial charge in [0.25, 0.3) is 5.91 Å². The molecular formula is C20H25N3O3S2. The Morgan fingerprint density at radius 2 is 1.75 bits per heavy atom. The van der Waals surface area contributed by atoms with Crippen LogP contribution in [0.15, 0.2) is 53.4 Å². The summed E-state index contributed by atoms with van der Waals surface area (Å²) in [5.74, 6) is -0.343. The van der Waals surface area contributed by atoms with Crippen molar-refractivity contribution in [3.63, 3.8) is 0 Å². The van der Waals surface area contributed by atoms with E-state index in [1.54, 1.807) is 24.3 Å². The molecule has 1 heterocycles. The fourth-order valence-electron chi connectivity index (χ4n) is 3.04. The number of amides is 1. The normalized spacial score (nSPS) is 15.2. The highest BCUT2D eigenvalue weighted by Crippen LogP contribution is 2.30. The van der Waals surface area contributed by atoms with Gasteiger partial charge in [0.05, 0.1) is 17.5 Å². The molecule has 2 aromatic carbocycles. The lowest BCUT2D eigenvalue weighted by Crippen LogP contribution is -2.29. The van der Waals surface area contributed by atoms with E-state index < -0.39 is 10.0 Å². The van der Waals surface area contributed by atoms with Gasteiger partial charge in [-0.2, -0.15) is 0 Å². The lowest BCUT2D eigenvalue weighted by atomic mass is 10.1. The molecule has 0 radical (unpaired) electrons. The van der Waals surface area contributed by atoms with Gasteiger partial charge >= 0.3 is 0 Å². The first kappa shape index (κ1) is 20.7. The topological polar surface area (TPSA) is 78.5 Å². The summed E-state index contributed by atoms with van der Waals surface area (Å²) < 4.78 is 24.8. The van der Waals surface area contributed by atoms with Crippen molar-refractivity contribution in [2.24, 2.45) is 0 Å². The first-order chi connectivity index (χ1) is 13.3. The average Bonchev–Trinajstić information content (AvgIpc) is 2.69. The van der Waals surface area contributed by atoms with Gasteiger partial charge < -0.3 is 10.6 Å². The number of para-hydroxylation sites is 1. The van der Waals surface area contributed by atoms with E-state index in [0.717, 1.165) is 36.5 Å². The minimum absolute atomic E-state index is 0.309. The number of benzene rings is 2. The molecule has 28 heavy (non-hydrogen) atoms. The molecule has 0 saturated carbocycles. The smallest absolute Gasteiger partial charge is 0.257 e. The third-order valence-electron chi connectivity index (χ3n) is 4.69. The minimum Gasteiger partial charge on any atom is -0.322 e. The Labute approximate surface area is 170 Å². The summed E-state index contributed by atoms with van der Waals surface area (Å²) in [6, 6.07) is 14.4. The monoisotopic (exact) mass is 419 g/mol. The molecule has 150 valence electrons. The molecule has 0 aromatic heterocycles. The van der Waals surface area contributed by atoms with Crippen molar-refractivity contribution in [2.45, 2.75) is 23.0 Å². The van der Waals surface area contributed by atoms with Gasteiger partial charge in [0.15, 0.2) is 0 Å². The van der Waals surface area contributed by atoms with Crippen LogP contribution in [0.3, 0.4) is 0 Å². The molecule has 6 nitrogen and oxygen atoms in total. The van der Waals surface area contributed by atoms with Crippen molar-refractivity contribution in [3.8, 4) is 0 Å². The molecule has 0 bridgehead atoms. The van der Waals surface area contributed by atoms with Gasteiger partial charge in [-0.1, -0.05) is 12.1 Å². The minimum atomic E-state index is -3.46. The second-order valence-corrected chi connectivity index (χ2v) is 10.2. The third kappa shape index (κ3) is 5.27. The zero-order valence-corrected chi connectivity index (χ0v) is 17.6. The Bertz CT molecular complexity index is 924. The lowest BCUT2D eigenvalue weighted by molar-refractivity contribution is 0.102. The zero-order chi connectivity index (χ0) is 20.1. The number of hydrogen-bond acceptors (Lipinski definition) is 5. The van der Waals surface area contributed by atoms with Gasteiger partial charge in [-0.25, -0.2) is 8.42 Å². The molecule has 0 aliphatic carbocycles. The third-order valence-corrected chi connectivity index (χ3v) is 7.23. The van der Waals surface area contributed by atoms with Crippen LogP contribution in [-0.4, -0.2) is 46.0 Å². The maximum atomic E-state index is 12.7. The molecule has 8 heteroatoms. The highest BCUT2D eigenvalue weighted by Gasteiger charge is 2.19. The van der Waals surface area contributed by atoms with Gasteiger partial charge in [-0.15, -0.1) is 11.8 Å². The number of hydrogen-bond donors (Lipinski definition) is 2. The van der Waals surface area contributed by atoms with Crippen LogP contribution in [0, 0.1) is 0 Å². The molecule has 0 unspecified atom stereocenters. The molecule has 1 aliphatic rings. The van der Waals surface area contributed by atoms with E-state index in [1.807, 2.05) is 36.0 Å². The van der Waals surface area contributed by atoms with Crippen LogP contribution in [0.25, 0.3) is 0 Å². The highest BCUT2D eigenvalue weighted by atomic mass is 32.2. The van der Waals surface area contributed by atoms with Crippen molar-refractivity contribution in [1.82, 2.24) is 5.32 Å². The van der Waals surface area contributed by atoms with E-state index in [1.165, 1.54) is 11.9 Å². The molecule has 1 aliphatic heterocycles. The van der Waals surface area contributed by atoms with Gasteiger partial charge in [0.2, 0.25) is 10.0 Å².